The second-order valence-electron chi connectivity index (χ2n) is 5.95. The van der Waals surface area contributed by atoms with Crippen LogP contribution in [0.25, 0.3) is 0 Å². The molecule has 1 aliphatic rings. The Morgan fingerprint density at radius 3 is 2.84 bits per heavy atom. The van der Waals surface area contributed by atoms with Crippen molar-refractivity contribution in [2.75, 3.05) is 18.1 Å². The van der Waals surface area contributed by atoms with Crippen LogP contribution in [-0.2, 0) is 16.2 Å². The van der Waals surface area contributed by atoms with E-state index in [0.717, 1.165) is 18.1 Å². The summed E-state index contributed by atoms with van der Waals surface area (Å²) in [5.74, 6) is 1.52. The largest absolute Gasteiger partial charge is 0.309 e. The average Bonchev–Trinajstić information content (AvgIpc) is 2.41. The number of fused-ring (bicyclic) bond motifs is 1. The van der Waals surface area contributed by atoms with E-state index < -0.39 is 10.8 Å². The highest BCUT2D eigenvalue weighted by Gasteiger charge is 2.31. The molecule has 2 unspecified atom stereocenters. The number of nitrogens with one attached hydrogen (secondary N) is 1. The van der Waals surface area contributed by atoms with Crippen molar-refractivity contribution < 1.29 is 4.21 Å². The summed E-state index contributed by atoms with van der Waals surface area (Å²) in [6.07, 6.45) is 2.38. The van der Waals surface area contributed by atoms with Gasteiger partial charge in [-0.3, -0.25) is 4.21 Å². The summed E-state index contributed by atoms with van der Waals surface area (Å²) in [5.41, 5.74) is 3.18. The molecule has 2 nitrogen and oxygen atoms in total. The Labute approximate surface area is 119 Å². The Morgan fingerprint density at radius 1 is 1.37 bits per heavy atom. The maximum absolute atomic E-state index is 11.5. The first kappa shape index (κ1) is 14.7. The normalized spacial score (nSPS) is 22.8. The molecular weight excluding hydrogens is 254 g/mol. The molecule has 1 aromatic rings. The molecule has 19 heavy (non-hydrogen) atoms. The van der Waals surface area contributed by atoms with Gasteiger partial charge in [0.2, 0.25) is 0 Å². The molecule has 106 valence electrons. The van der Waals surface area contributed by atoms with Gasteiger partial charge >= 0.3 is 0 Å². The fourth-order valence-corrected chi connectivity index (χ4v) is 3.55. The molecule has 0 saturated carbocycles. The molecule has 3 heteroatoms. The van der Waals surface area contributed by atoms with E-state index in [4.69, 9.17) is 0 Å². The van der Waals surface area contributed by atoms with Gasteiger partial charge in [0, 0.05) is 34.9 Å². The van der Waals surface area contributed by atoms with Crippen LogP contribution in [0.2, 0.25) is 0 Å². The van der Waals surface area contributed by atoms with Crippen LogP contribution >= 0.6 is 0 Å². The topological polar surface area (TPSA) is 29.1 Å². The maximum Gasteiger partial charge on any atom is 0.0360 e. The summed E-state index contributed by atoms with van der Waals surface area (Å²) in [4.78, 5) is 0. The quantitative estimate of drug-likeness (QED) is 0.897. The summed E-state index contributed by atoms with van der Waals surface area (Å²) in [6.45, 7) is 7.48. The molecule has 1 aromatic carbocycles. The Morgan fingerprint density at radius 2 is 2.11 bits per heavy atom. The highest BCUT2D eigenvalue weighted by atomic mass is 32.2. The van der Waals surface area contributed by atoms with Gasteiger partial charge in [0.25, 0.3) is 0 Å². The van der Waals surface area contributed by atoms with Crippen molar-refractivity contribution in [2.24, 2.45) is 0 Å². The monoisotopic (exact) mass is 279 g/mol. The highest BCUT2D eigenvalue weighted by molar-refractivity contribution is 7.84. The molecule has 0 radical (unpaired) electrons. The van der Waals surface area contributed by atoms with Gasteiger partial charge in [0.1, 0.15) is 0 Å². The Balaban J connectivity index is 2.06. The number of hydrogen-bond acceptors (Lipinski definition) is 2. The zero-order chi connectivity index (χ0) is 13.9. The third-order valence-electron chi connectivity index (χ3n) is 4.17. The molecular formula is C16H25NOS. The van der Waals surface area contributed by atoms with Gasteiger partial charge in [-0.15, -0.1) is 0 Å². The lowest BCUT2D eigenvalue weighted by Gasteiger charge is -2.37. The Kier molecular flexibility index (Phi) is 4.80. The lowest BCUT2D eigenvalue weighted by Crippen LogP contribution is -2.34. The van der Waals surface area contributed by atoms with Gasteiger partial charge in [-0.1, -0.05) is 45.0 Å². The van der Waals surface area contributed by atoms with Crippen molar-refractivity contribution in [2.45, 2.75) is 45.1 Å². The van der Waals surface area contributed by atoms with Gasteiger partial charge in [-0.25, -0.2) is 0 Å². The predicted molar refractivity (Wildman–Crippen MR) is 83.0 cm³/mol. The van der Waals surface area contributed by atoms with Crippen LogP contribution in [0.5, 0.6) is 0 Å². The molecule has 1 aliphatic carbocycles. The minimum atomic E-state index is -0.667. The second kappa shape index (κ2) is 6.19. The van der Waals surface area contributed by atoms with E-state index in [0.29, 0.717) is 6.04 Å². The fraction of sp³-hybridized carbons (Fsp3) is 0.625. The number of hydrogen-bond donors (Lipinski definition) is 1. The first-order valence-corrected chi connectivity index (χ1v) is 8.71. The van der Waals surface area contributed by atoms with Gasteiger partial charge in [0.15, 0.2) is 0 Å². The summed E-state index contributed by atoms with van der Waals surface area (Å²) in [7, 11) is -0.667. The molecule has 0 aromatic heterocycles. The standard InChI is InChI=1S/C16H25NOS/c1-4-19(18)12-11-17-15-9-10-16(2,3)14-8-6-5-7-13(14)15/h5-8,15,17H,4,9-12H2,1-3H3. The zero-order valence-corrected chi connectivity index (χ0v) is 13.1. The fourth-order valence-electron chi connectivity index (χ4n) is 2.92. The molecule has 1 N–H and O–H groups in total. The van der Waals surface area contributed by atoms with E-state index in [9.17, 15) is 4.21 Å². The third-order valence-corrected chi connectivity index (χ3v) is 5.47. The SMILES string of the molecule is CCS(=O)CCNC1CCC(C)(C)c2ccccc21. The van der Waals surface area contributed by atoms with Crippen LogP contribution in [0.1, 0.15) is 50.8 Å². The van der Waals surface area contributed by atoms with Crippen LogP contribution < -0.4 is 5.32 Å². The van der Waals surface area contributed by atoms with Crippen molar-refractivity contribution >= 4 is 10.8 Å². The summed E-state index contributed by atoms with van der Waals surface area (Å²) in [6, 6.07) is 9.19. The molecule has 0 spiro atoms. The van der Waals surface area contributed by atoms with Crippen LogP contribution in [0.15, 0.2) is 24.3 Å². The minimum Gasteiger partial charge on any atom is -0.309 e. The van der Waals surface area contributed by atoms with E-state index in [2.05, 4.69) is 43.4 Å². The maximum atomic E-state index is 11.5. The summed E-state index contributed by atoms with van der Waals surface area (Å²) < 4.78 is 11.5. The molecule has 0 fully saturated rings. The minimum absolute atomic E-state index is 0.279. The Hall–Kier alpha value is -0.670. The highest BCUT2D eigenvalue weighted by Crippen LogP contribution is 2.41. The van der Waals surface area contributed by atoms with E-state index >= 15 is 0 Å². The number of rotatable bonds is 5. The van der Waals surface area contributed by atoms with E-state index in [1.807, 2.05) is 6.92 Å². The van der Waals surface area contributed by atoms with Crippen molar-refractivity contribution in [1.29, 1.82) is 0 Å². The number of benzene rings is 1. The predicted octanol–water partition coefficient (Wildman–Crippen LogP) is 3.16. The van der Waals surface area contributed by atoms with Crippen LogP contribution in [0.3, 0.4) is 0 Å². The van der Waals surface area contributed by atoms with Crippen molar-refractivity contribution in [3.8, 4) is 0 Å². The second-order valence-corrected chi connectivity index (χ2v) is 7.81. The van der Waals surface area contributed by atoms with Crippen LogP contribution in [0.4, 0.5) is 0 Å². The van der Waals surface area contributed by atoms with E-state index in [1.54, 1.807) is 0 Å². The van der Waals surface area contributed by atoms with E-state index in [1.165, 1.54) is 24.0 Å². The first-order valence-electron chi connectivity index (χ1n) is 7.22. The van der Waals surface area contributed by atoms with Crippen molar-refractivity contribution in [3.05, 3.63) is 35.4 Å². The van der Waals surface area contributed by atoms with Gasteiger partial charge < -0.3 is 5.32 Å². The molecule has 0 aliphatic heterocycles. The zero-order valence-electron chi connectivity index (χ0n) is 12.2. The molecule has 2 atom stereocenters. The van der Waals surface area contributed by atoms with Crippen molar-refractivity contribution in [3.63, 3.8) is 0 Å². The molecule has 2 rings (SSSR count). The lowest BCUT2D eigenvalue weighted by atomic mass is 9.71. The van der Waals surface area contributed by atoms with Gasteiger partial charge in [-0.05, 0) is 29.4 Å². The molecule has 0 saturated heterocycles. The van der Waals surface area contributed by atoms with Gasteiger partial charge in [-0.2, -0.15) is 0 Å². The Bertz CT molecular complexity index is 456. The summed E-state index contributed by atoms with van der Waals surface area (Å²) in [5, 5.41) is 3.59. The average molecular weight is 279 g/mol. The van der Waals surface area contributed by atoms with E-state index in [-0.39, 0.29) is 5.41 Å². The van der Waals surface area contributed by atoms with Crippen molar-refractivity contribution in [1.82, 2.24) is 5.32 Å². The smallest absolute Gasteiger partial charge is 0.0360 e. The first-order chi connectivity index (χ1) is 9.04. The van der Waals surface area contributed by atoms with Crippen LogP contribution in [-0.4, -0.2) is 22.3 Å². The third kappa shape index (κ3) is 3.46. The molecule has 0 bridgehead atoms. The van der Waals surface area contributed by atoms with Crippen LogP contribution in [0, 0.1) is 0 Å². The van der Waals surface area contributed by atoms with Gasteiger partial charge in [0.05, 0.1) is 0 Å². The molecule has 0 heterocycles. The molecule has 0 amide bonds. The summed E-state index contributed by atoms with van der Waals surface area (Å²) >= 11 is 0. The lowest BCUT2D eigenvalue weighted by molar-refractivity contribution is 0.363.